The van der Waals surface area contributed by atoms with Crippen molar-refractivity contribution in [3.8, 4) is 0 Å². The molecule has 21 heavy (non-hydrogen) atoms. The van der Waals surface area contributed by atoms with Crippen molar-refractivity contribution in [2.45, 2.75) is 39.7 Å². The lowest BCUT2D eigenvalue weighted by Crippen LogP contribution is -2.26. The van der Waals surface area contributed by atoms with E-state index in [1.165, 1.54) is 16.8 Å². The average Bonchev–Trinajstić information content (AvgIpc) is 2.70. The molecule has 1 atom stereocenters. The van der Waals surface area contributed by atoms with Crippen LogP contribution >= 0.6 is 15.9 Å². The van der Waals surface area contributed by atoms with Gasteiger partial charge in [-0.1, -0.05) is 6.92 Å². The van der Waals surface area contributed by atoms with Crippen LogP contribution < -0.4 is 5.32 Å². The zero-order chi connectivity index (χ0) is 15.4. The Kier molecular flexibility index (Phi) is 5.53. The van der Waals surface area contributed by atoms with Crippen LogP contribution in [-0.2, 0) is 13.5 Å². The molecular weight excluding hydrogens is 328 g/mol. The summed E-state index contributed by atoms with van der Waals surface area (Å²) >= 11 is 3.66. The summed E-state index contributed by atoms with van der Waals surface area (Å²) in [5.74, 6) is 0. The molecule has 0 bridgehead atoms. The predicted octanol–water partition coefficient (Wildman–Crippen LogP) is 3.48. The Bertz CT molecular complexity index is 606. The maximum atomic E-state index is 4.49. The molecule has 0 aliphatic rings. The molecule has 0 fully saturated rings. The Labute approximate surface area is 135 Å². The van der Waals surface area contributed by atoms with E-state index in [0.717, 1.165) is 29.6 Å². The van der Waals surface area contributed by atoms with E-state index in [1.54, 1.807) is 0 Å². The molecule has 5 heteroatoms. The highest BCUT2D eigenvalue weighted by Crippen LogP contribution is 2.27. The number of nitrogens with zero attached hydrogens (tertiary/aromatic N) is 3. The van der Waals surface area contributed by atoms with Crippen molar-refractivity contribution in [3.63, 3.8) is 0 Å². The zero-order valence-electron chi connectivity index (χ0n) is 13.2. The molecule has 2 heterocycles. The van der Waals surface area contributed by atoms with Crippen LogP contribution in [0.15, 0.2) is 22.9 Å². The predicted molar refractivity (Wildman–Crippen MR) is 89.4 cm³/mol. The first-order valence-electron chi connectivity index (χ1n) is 7.36. The standard InChI is InChI=1S/C16H23BrN4/c1-5-7-19-14(13-10-18-8-6-11(13)2)9-15-16(17)12(3)20-21(15)4/h6,8,10,14,19H,5,7,9H2,1-4H3. The summed E-state index contributed by atoms with van der Waals surface area (Å²) in [6.07, 6.45) is 5.82. The van der Waals surface area contributed by atoms with Gasteiger partial charge in [-0.3, -0.25) is 9.67 Å². The van der Waals surface area contributed by atoms with Crippen molar-refractivity contribution in [1.29, 1.82) is 0 Å². The van der Waals surface area contributed by atoms with E-state index < -0.39 is 0 Å². The number of rotatable bonds is 6. The Morgan fingerprint density at radius 2 is 2.14 bits per heavy atom. The molecule has 4 nitrogen and oxygen atoms in total. The number of halogens is 1. The number of aryl methyl sites for hydroxylation is 3. The van der Waals surface area contributed by atoms with Crippen LogP contribution in [-0.4, -0.2) is 21.3 Å². The van der Waals surface area contributed by atoms with E-state index in [2.05, 4.69) is 51.2 Å². The minimum Gasteiger partial charge on any atom is -0.310 e. The van der Waals surface area contributed by atoms with Gasteiger partial charge >= 0.3 is 0 Å². The number of aromatic nitrogens is 3. The topological polar surface area (TPSA) is 42.7 Å². The van der Waals surface area contributed by atoms with E-state index in [1.807, 2.05) is 31.0 Å². The molecule has 0 aliphatic heterocycles. The Morgan fingerprint density at radius 3 is 2.71 bits per heavy atom. The van der Waals surface area contributed by atoms with Gasteiger partial charge in [0.15, 0.2) is 0 Å². The average molecular weight is 351 g/mol. The minimum atomic E-state index is 0.254. The molecule has 2 rings (SSSR count). The van der Waals surface area contributed by atoms with Crippen molar-refractivity contribution in [3.05, 3.63) is 45.4 Å². The van der Waals surface area contributed by atoms with Crippen LogP contribution in [0.4, 0.5) is 0 Å². The fourth-order valence-electron chi connectivity index (χ4n) is 2.55. The Hall–Kier alpha value is -1.20. The molecule has 2 aromatic rings. The van der Waals surface area contributed by atoms with Gasteiger partial charge in [-0.25, -0.2) is 0 Å². The summed E-state index contributed by atoms with van der Waals surface area (Å²) in [4.78, 5) is 4.29. The maximum absolute atomic E-state index is 4.49. The van der Waals surface area contributed by atoms with Crippen LogP contribution in [0.2, 0.25) is 0 Å². The molecular formula is C16H23BrN4. The van der Waals surface area contributed by atoms with Crippen molar-refractivity contribution in [2.24, 2.45) is 7.05 Å². The van der Waals surface area contributed by atoms with E-state index >= 15 is 0 Å². The van der Waals surface area contributed by atoms with Crippen LogP contribution in [0, 0.1) is 13.8 Å². The van der Waals surface area contributed by atoms with E-state index in [-0.39, 0.29) is 6.04 Å². The lowest BCUT2D eigenvalue weighted by molar-refractivity contribution is 0.508. The first-order chi connectivity index (χ1) is 10.0. The molecule has 0 radical (unpaired) electrons. The number of hydrogen-bond acceptors (Lipinski definition) is 3. The van der Waals surface area contributed by atoms with E-state index in [4.69, 9.17) is 0 Å². The van der Waals surface area contributed by atoms with Crippen LogP contribution in [0.3, 0.4) is 0 Å². The minimum absolute atomic E-state index is 0.254. The van der Waals surface area contributed by atoms with Gasteiger partial charge in [-0.2, -0.15) is 5.10 Å². The highest BCUT2D eigenvalue weighted by Gasteiger charge is 2.19. The van der Waals surface area contributed by atoms with Gasteiger partial charge in [0.2, 0.25) is 0 Å². The summed E-state index contributed by atoms with van der Waals surface area (Å²) < 4.78 is 3.07. The van der Waals surface area contributed by atoms with Gasteiger partial charge in [0.05, 0.1) is 15.9 Å². The van der Waals surface area contributed by atoms with Crippen molar-refractivity contribution in [2.75, 3.05) is 6.54 Å². The monoisotopic (exact) mass is 350 g/mol. The molecule has 0 amide bonds. The molecule has 0 saturated heterocycles. The fourth-order valence-corrected chi connectivity index (χ4v) is 3.04. The first kappa shape index (κ1) is 16.2. The molecule has 0 aliphatic carbocycles. The largest absolute Gasteiger partial charge is 0.310 e. The number of nitrogens with one attached hydrogen (secondary N) is 1. The molecule has 114 valence electrons. The number of pyridine rings is 1. The highest BCUT2D eigenvalue weighted by atomic mass is 79.9. The summed E-state index contributed by atoms with van der Waals surface area (Å²) in [6.45, 7) is 7.34. The van der Waals surface area contributed by atoms with Crippen LogP contribution in [0.25, 0.3) is 0 Å². The lowest BCUT2D eigenvalue weighted by atomic mass is 9.99. The SMILES string of the molecule is CCCNC(Cc1c(Br)c(C)nn1C)c1cnccc1C. The van der Waals surface area contributed by atoms with Gasteiger partial charge in [0.25, 0.3) is 0 Å². The number of hydrogen-bond donors (Lipinski definition) is 1. The van der Waals surface area contributed by atoms with Crippen LogP contribution in [0.5, 0.6) is 0 Å². The van der Waals surface area contributed by atoms with Gasteiger partial charge in [-0.15, -0.1) is 0 Å². The Morgan fingerprint density at radius 1 is 1.38 bits per heavy atom. The molecule has 2 aromatic heterocycles. The molecule has 0 aromatic carbocycles. The third-order valence-electron chi connectivity index (χ3n) is 3.75. The summed E-state index contributed by atoms with van der Waals surface area (Å²) in [5.41, 5.74) is 4.78. The normalized spacial score (nSPS) is 12.6. The zero-order valence-corrected chi connectivity index (χ0v) is 14.7. The first-order valence-corrected chi connectivity index (χ1v) is 8.15. The smallest absolute Gasteiger partial charge is 0.0738 e. The van der Waals surface area contributed by atoms with Gasteiger partial charge < -0.3 is 5.32 Å². The summed E-state index contributed by atoms with van der Waals surface area (Å²) in [6, 6.07) is 2.32. The third-order valence-corrected chi connectivity index (χ3v) is 4.79. The second kappa shape index (κ2) is 7.18. The third kappa shape index (κ3) is 3.71. The summed E-state index contributed by atoms with van der Waals surface area (Å²) in [7, 11) is 2.00. The maximum Gasteiger partial charge on any atom is 0.0738 e. The fraction of sp³-hybridized carbons (Fsp3) is 0.500. The Balaban J connectivity index is 2.31. The molecule has 0 spiro atoms. The molecule has 1 N–H and O–H groups in total. The van der Waals surface area contributed by atoms with Gasteiger partial charge in [0, 0.05) is 31.9 Å². The summed E-state index contributed by atoms with van der Waals surface area (Å²) in [5, 5.41) is 8.12. The second-order valence-corrected chi connectivity index (χ2v) is 6.21. The van der Waals surface area contributed by atoms with Crippen LogP contribution in [0.1, 0.15) is 41.9 Å². The lowest BCUT2D eigenvalue weighted by Gasteiger charge is -2.21. The van der Waals surface area contributed by atoms with E-state index in [0.29, 0.717) is 0 Å². The highest BCUT2D eigenvalue weighted by molar-refractivity contribution is 9.10. The van der Waals surface area contributed by atoms with E-state index in [9.17, 15) is 0 Å². The van der Waals surface area contributed by atoms with Gasteiger partial charge in [0.1, 0.15) is 0 Å². The van der Waals surface area contributed by atoms with Crippen molar-refractivity contribution >= 4 is 15.9 Å². The molecule has 1 unspecified atom stereocenters. The van der Waals surface area contributed by atoms with Crippen molar-refractivity contribution < 1.29 is 0 Å². The van der Waals surface area contributed by atoms with Crippen molar-refractivity contribution in [1.82, 2.24) is 20.1 Å². The quantitative estimate of drug-likeness (QED) is 0.867. The van der Waals surface area contributed by atoms with Gasteiger partial charge in [-0.05, 0) is 59.9 Å². The molecule has 0 saturated carbocycles. The second-order valence-electron chi connectivity index (χ2n) is 5.41.